The Labute approximate surface area is 122 Å². The zero-order valence-corrected chi connectivity index (χ0v) is 12.1. The molecule has 0 saturated heterocycles. The molecule has 1 aromatic carbocycles. The van der Waals surface area contributed by atoms with Crippen LogP contribution in [0, 0.1) is 0 Å². The molecule has 0 spiro atoms. The molecule has 0 radical (unpaired) electrons. The van der Waals surface area contributed by atoms with Gasteiger partial charge < -0.3 is 9.84 Å². The van der Waals surface area contributed by atoms with Gasteiger partial charge in [0, 0.05) is 0 Å². The Morgan fingerprint density at radius 1 is 1.29 bits per heavy atom. The highest BCUT2D eigenvalue weighted by Gasteiger charge is 2.23. The van der Waals surface area contributed by atoms with Crippen LogP contribution in [0.3, 0.4) is 0 Å². The molecule has 1 atom stereocenters. The maximum Gasteiger partial charge on any atom is 0.421 e. The van der Waals surface area contributed by atoms with Gasteiger partial charge in [-0.3, -0.25) is 4.79 Å². The van der Waals surface area contributed by atoms with E-state index in [0.29, 0.717) is 5.56 Å². The molecule has 116 valence electrons. The van der Waals surface area contributed by atoms with Crippen molar-refractivity contribution in [3.8, 4) is 0 Å². The Morgan fingerprint density at radius 3 is 2.43 bits per heavy atom. The summed E-state index contributed by atoms with van der Waals surface area (Å²) in [7, 11) is -4.23. The average molecular weight is 316 g/mol. The second-order valence-corrected chi connectivity index (χ2v) is 5.45. The molecule has 21 heavy (non-hydrogen) atoms. The number of aliphatic carboxylic acids is 1. The quantitative estimate of drug-likeness (QED) is 0.683. The fourth-order valence-corrected chi connectivity index (χ4v) is 2.51. The summed E-state index contributed by atoms with van der Waals surface area (Å²) in [5, 5.41) is 8.86. The normalized spacial score (nSPS) is 12.4. The van der Waals surface area contributed by atoms with Crippen LogP contribution in [0.15, 0.2) is 30.3 Å². The van der Waals surface area contributed by atoms with Crippen molar-refractivity contribution in [3.05, 3.63) is 35.9 Å². The summed E-state index contributed by atoms with van der Waals surface area (Å²) < 4.78 is 31.7. The van der Waals surface area contributed by atoms with Crippen molar-refractivity contribution in [1.82, 2.24) is 9.44 Å². The van der Waals surface area contributed by atoms with E-state index in [4.69, 9.17) is 5.11 Å². The van der Waals surface area contributed by atoms with Gasteiger partial charge in [-0.15, -0.1) is 0 Å². The number of carbonyl (C=O) groups is 2. The van der Waals surface area contributed by atoms with E-state index in [9.17, 15) is 18.0 Å². The standard InChI is InChI=1S/C12H16N2O6S/c1-2-20-12(17)14-21(18,19)13-10(8-11(15)16)9-6-4-3-5-7-9/h3-7,10,13H,2,8H2,1H3,(H,14,17)(H,15,16). The Morgan fingerprint density at radius 2 is 1.90 bits per heavy atom. The molecule has 8 nitrogen and oxygen atoms in total. The molecule has 0 saturated carbocycles. The maximum absolute atomic E-state index is 11.8. The molecule has 0 aliphatic rings. The lowest BCUT2D eigenvalue weighted by atomic mass is 10.1. The molecule has 1 aromatic rings. The molecule has 1 rings (SSSR count). The highest BCUT2D eigenvalue weighted by Crippen LogP contribution is 2.17. The van der Waals surface area contributed by atoms with E-state index in [-0.39, 0.29) is 6.61 Å². The smallest absolute Gasteiger partial charge is 0.421 e. The lowest BCUT2D eigenvalue weighted by molar-refractivity contribution is -0.137. The first-order valence-electron chi connectivity index (χ1n) is 6.07. The van der Waals surface area contributed by atoms with Crippen LogP contribution in [-0.4, -0.2) is 32.2 Å². The van der Waals surface area contributed by atoms with E-state index in [2.05, 4.69) is 9.46 Å². The highest BCUT2D eigenvalue weighted by molar-refractivity contribution is 7.88. The van der Waals surface area contributed by atoms with Crippen LogP contribution in [0.2, 0.25) is 0 Å². The van der Waals surface area contributed by atoms with Crippen LogP contribution < -0.4 is 9.44 Å². The molecule has 3 N–H and O–H groups in total. The first kappa shape index (κ1) is 16.9. The third-order valence-corrected chi connectivity index (χ3v) is 3.40. The topological polar surface area (TPSA) is 122 Å². The Bertz CT molecular complexity index is 587. The van der Waals surface area contributed by atoms with Crippen LogP contribution in [-0.2, 0) is 19.7 Å². The van der Waals surface area contributed by atoms with Gasteiger partial charge in [0.1, 0.15) is 0 Å². The third kappa shape index (κ3) is 6.23. The third-order valence-electron chi connectivity index (χ3n) is 2.37. The number of ether oxygens (including phenoxy) is 1. The summed E-state index contributed by atoms with van der Waals surface area (Å²) in [5.74, 6) is -1.18. The van der Waals surface area contributed by atoms with Crippen LogP contribution in [0.4, 0.5) is 4.79 Å². The minimum Gasteiger partial charge on any atom is -0.481 e. The summed E-state index contributed by atoms with van der Waals surface area (Å²) in [6.45, 7) is 1.54. The number of benzene rings is 1. The van der Waals surface area contributed by atoms with Crippen molar-refractivity contribution in [2.45, 2.75) is 19.4 Å². The molecule has 9 heteroatoms. The predicted octanol–water partition coefficient (Wildman–Crippen LogP) is 0.783. The number of carbonyl (C=O) groups excluding carboxylic acids is 1. The van der Waals surface area contributed by atoms with Crippen LogP contribution >= 0.6 is 0 Å². The van der Waals surface area contributed by atoms with Gasteiger partial charge in [-0.1, -0.05) is 30.3 Å². The second-order valence-electron chi connectivity index (χ2n) is 4.00. The van der Waals surface area contributed by atoms with E-state index < -0.39 is 34.7 Å². The van der Waals surface area contributed by atoms with E-state index >= 15 is 0 Å². The van der Waals surface area contributed by atoms with Gasteiger partial charge in [0.2, 0.25) is 0 Å². The molecule has 0 fully saturated rings. The van der Waals surface area contributed by atoms with Gasteiger partial charge in [-0.25, -0.2) is 9.52 Å². The highest BCUT2D eigenvalue weighted by atomic mass is 32.2. The Kier molecular flexibility index (Phi) is 6.12. The number of hydrogen-bond donors (Lipinski definition) is 3. The lowest BCUT2D eigenvalue weighted by Crippen LogP contribution is -2.42. The molecular formula is C12H16N2O6S. The van der Waals surface area contributed by atoms with Crippen molar-refractivity contribution >= 4 is 22.3 Å². The molecule has 1 amide bonds. The zero-order chi connectivity index (χ0) is 15.9. The molecule has 0 bridgehead atoms. The van der Waals surface area contributed by atoms with Crippen molar-refractivity contribution in [2.24, 2.45) is 0 Å². The predicted molar refractivity (Wildman–Crippen MR) is 73.6 cm³/mol. The van der Waals surface area contributed by atoms with Gasteiger partial charge in [0.05, 0.1) is 19.1 Å². The summed E-state index contributed by atoms with van der Waals surface area (Å²) in [6.07, 6.45) is -1.60. The van der Waals surface area contributed by atoms with Crippen molar-refractivity contribution in [1.29, 1.82) is 0 Å². The fourth-order valence-electron chi connectivity index (χ4n) is 1.57. The molecule has 0 heterocycles. The van der Waals surface area contributed by atoms with Crippen LogP contribution in [0.1, 0.15) is 24.9 Å². The summed E-state index contributed by atoms with van der Waals surface area (Å²) in [4.78, 5) is 22.0. The van der Waals surface area contributed by atoms with Gasteiger partial charge in [-0.2, -0.15) is 13.1 Å². The Hall–Kier alpha value is -2.13. The van der Waals surface area contributed by atoms with Gasteiger partial charge in [0.25, 0.3) is 0 Å². The Balaban J connectivity index is 2.86. The molecular weight excluding hydrogens is 300 g/mol. The van der Waals surface area contributed by atoms with Gasteiger partial charge in [-0.05, 0) is 12.5 Å². The summed E-state index contributed by atoms with van der Waals surface area (Å²) >= 11 is 0. The van der Waals surface area contributed by atoms with E-state index in [1.54, 1.807) is 35.1 Å². The van der Waals surface area contributed by atoms with Gasteiger partial charge in [0.15, 0.2) is 0 Å². The average Bonchev–Trinajstić information content (AvgIpc) is 2.37. The summed E-state index contributed by atoms with van der Waals surface area (Å²) in [5.41, 5.74) is 0.467. The van der Waals surface area contributed by atoms with Gasteiger partial charge >= 0.3 is 22.3 Å². The lowest BCUT2D eigenvalue weighted by Gasteiger charge is -2.17. The molecule has 1 unspecified atom stereocenters. The largest absolute Gasteiger partial charge is 0.481 e. The van der Waals surface area contributed by atoms with Crippen molar-refractivity contribution in [2.75, 3.05) is 6.61 Å². The number of carboxylic acid groups (broad SMARTS) is 1. The van der Waals surface area contributed by atoms with Crippen molar-refractivity contribution < 1.29 is 27.9 Å². The van der Waals surface area contributed by atoms with E-state index in [1.165, 1.54) is 6.92 Å². The SMILES string of the molecule is CCOC(=O)NS(=O)(=O)NC(CC(=O)O)c1ccccc1. The zero-order valence-electron chi connectivity index (χ0n) is 11.3. The molecule has 0 aliphatic heterocycles. The first-order valence-corrected chi connectivity index (χ1v) is 7.56. The minimum atomic E-state index is -4.23. The number of hydrogen-bond acceptors (Lipinski definition) is 5. The van der Waals surface area contributed by atoms with Crippen LogP contribution in [0.5, 0.6) is 0 Å². The second kappa shape index (κ2) is 7.60. The number of nitrogens with one attached hydrogen (secondary N) is 2. The number of amides is 1. The van der Waals surface area contributed by atoms with E-state index in [1.807, 2.05) is 0 Å². The number of carboxylic acids is 1. The van der Waals surface area contributed by atoms with Crippen molar-refractivity contribution in [3.63, 3.8) is 0 Å². The minimum absolute atomic E-state index is 0.0125. The molecule has 0 aromatic heterocycles. The maximum atomic E-state index is 11.8. The van der Waals surface area contributed by atoms with Crippen LogP contribution in [0.25, 0.3) is 0 Å². The molecule has 0 aliphatic carbocycles. The fraction of sp³-hybridized carbons (Fsp3) is 0.333. The first-order chi connectivity index (χ1) is 9.84. The van der Waals surface area contributed by atoms with E-state index in [0.717, 1.165) is 0 Å². The summed E-state index contributed by atoms with van der Waals surface area (Å²) in [6, 6.07) is 7.18. The number of rotatable bonds is 7. The monoisotopic (exact) mass is 316 g/mol.